The second-order valence-electron chi connectivity index (χ2n) is 4.03. The molecule has 2 heteroatoms. The standard InChI is InChI=1S/C12H20N2/c1-4-5-6-10-7-8-14-12(9(2)3)11(10)13/h7-9H,4-6,13H2,1-3H3. The summed E-state index contributed by atoms with van der Waals surface area (Å²) < 4.78 is 0. The number of aryl methyl sites for hydroxylation is 1. The summed E-state index contributed by atoms with van der Waals surface area (Å²) in [6.45, 7) is 6.45. The van der Waals surface area contributed by atoms with E-state index in [0.717, 1.165) is 17.8 Å². The zero-order valence-electron chi connectivity index (χ0n) is 9.38. The summed E-state index contributed by atoms with van der Waals surface area (Å²) in [5.41, 5.74) is 9.26. The maximum absolute atomic E-state index is 6.06. The minimum absolute atomic E-state index is 0.413. The van der Waals surface area contributed by atoms with Gasteiger partial charge in [0, 0.05) is 6.20 Å². The molecule has 0 spiro atoms. The van der Waals surface area contributed by atoms with Crippen LogP contribution in [0.2, 0.25) is 0 Å². The molecule has 1 heterocycles. The lowest BCUT2D eigenvalue weighted by Crippen LogP contribution is -2.03. The Morgan fingerprint density at radius 1 is 1.43 bits per heavy atom. The van der Waals surface area contributed by atoms with E-state index < -0.39 is 0 Å². The van der Waals surface area contributed by atoms with Gasteiger partial charge in [0.1, 0.15) is 0 Å². The lowest BCUT2D eigenvalue weighted by Gasteiger charge is -2.11. The number of pyridine rings is 1. The monoisotopic (exact) mass is 192 g/mol. The second kappa shape index (κ2) is 4.99. The summed E-state index contributed by atoms with van der Waals surface area (Å²) in [6.07, 6.45) is 5.35. The molecule has 78 valence electrons. The van der Waals surface area contributed by atoms with Crippen LogP contribution in [0.25, 0.3) is 0 Å². The Bertz CT molecular complexity index is 292. The number of hydrogen-bond acceptors (Lipinski definition) is 2. The minimum Gasteiger partial charge on any atom is -0.397 e. The molecule has 0 saturated heterocycles. The van der Waals surface area contributed by atoms with Crippen LogP contribution < -0.4 is 5.73 Å². The van der Waals surface area contributed by atoms with E-state index in [1.54, 1.807) is 0 Å². The maximum atomic E-state index is 6.06. The van der Waals surface area contributed by atoms with E-state index in [1.807, 2.05) is 12.3 Å². The first kappa shape index (κ1) is 11.0. The fourth-order valence-corrected chi connectivity index (χ4v) is 1.58. The molecule has 0 aliphatic carbocycles. The third-order valence-corrected chi connectivity index (χ3v) is 2.46. The van der Waals surface area contributed by atoms with Crippen LogP contribution in [0.3, 0.4) is 0 Å². The van der Waals surface area contributed by atoms with Crippen LogP contribution in [0.1, 0.15) is 50.8 Å². The van der Waals surface area contributed by atoms with Gasteiger partial charge in [0.05, 0.1) is 11.4 Å². The average molecular weight is 192 g/mol. The van der Waals surface area contributed by atoms with Crippen LogP contribution in [-0.4, -0.2) is 4.98 Å². The van der Waals surface area contributed by atoms with Crippen molar-refractivity contribution >= 4 is 5.69 Å². The predicted molar refractivity (Wildman–Crippen MR) is 61.4 cm³/mol. The molecule has 14 heavy (non-hydrogen) atoms. The molecule has 2 nitrogen and oxygen atoms in total. The van der Waals surface area contributed by atoms with Gasteiger partial charge in [-0.05, 0) is 30.4 Å². The lowest BCUT2D eigenvalue weighted by atomic mass is 10.0. The quantitative estimate of drug-likeness (QED) is 0.796. The smallest absolute Gasteiger partial charge is 0.0660 e. The fourth-order valence-electron chi connectivity index (χ4n) is 1.58. The van der Waals surface area contributed by atoms with Gasteiger partial charge in [0.2, 0.25) is 0 Å². The number of nitrogens with zero attached hydrogens (tertiary/aromatic N) is 1. The molecule has 0 saturated carbocycles. The van der Waals surface area contributed by atoms with E-state index in [2.05, 4.69) is 25.8 Å². The average Bonchev–Trinajstić information content (AvgIpc) is 2.16. The highest BCUT2D eigenvalue weighted by atomic mass is 14.7. The summed E-state index contributed by atoms with van der Waals surface area (Å²) >= 11 is 0. The van der Waals surface area contributed by atoms with Crippen molar-refractivity contribution in [2.45, 2.75) is 46.0 Å². The summed E-state index contributed by atoms with van der Waals surface area (Å²) in [4.78, 5) is 4.32. The van der Waals surface area contributed by atoms with Crippen molar-refractivity contribution < 1.29 is 0 Å². The zero-order chi connectivity index (χ0) is 10.6. The SMILES string of the molecule is CCCCc1ccnc(C(C)C)c1N. The van der Waals surface area contributed by atoms with Gasteiger partial charge in [-0.15, -0.1) is 0 Å². The Labute approximate surface area is 86.5 Å². The Hall–Kier alpha value is -1.05. The van der Waals surface area contributed by atoms with Gasteiger partial charge in [0.25, 0.3) is 0 Å². The first-order valence-corrected chi connectivity index (χ1v) is 5.40. The van der Waals surface area contributed by atoms with Gasteiger partial charge >= 0.3 is 0 Å². The molecule has 0 aliphatic heterocycles. The van der Waals surface area contributed by atoms with E-state index in [0.29, 0.717) is 5.92 Å². The Morgan fingerprint density at radius 3 is 2.71 bits per heavy atom. The molecule has 1 aromatic rings. The number of rotatable bonds is 4. The van der Waals surface area contributed by atoms with Crippen LogP contribution in [-0.2, 0) is 6.42 Å². The van der Waals surface area contributed by atoms with Gasteiger partial charge in [-0.1, -0.05) is 27.2 Å². The minimum atomic E-state index is 0.413. The molecule has 1 aromatic heterocycles. The summed E-state index contributed by atoms with van der Waals surface area (Å²) in [5.74, 6) is 0.413. The first-order chi connectivity index (χ1) is 6.66. The lowest BCUT2D eigenvalue weighted by molar-refractivity contribution is 0.783. The van der Waals surface area contributed by atoms with E-state index in [-0.39, 0.29) is 0 Å². The molecule has 0 unspecified atom stereocenters. The van der Waals surface area contributed by atoms with E-state index in [1.165, 1.54) is 18.4 Å². The summed E-state index contributed by atoms with van der Waals surface area (Å²) in [5, 5.41) is 0. The van der Waals surface area contributed by atoms with Crippen LogP contribution in [0.4, 0.5) is 5.69 Å². The Kier molecular flexibility index (Phi) is 3.93. The molecule has 0 radical (unpaired) electrons. The summed E-state index contributed by atoms with van der Waals surface area (Å²) in [6, 6.07) is 2.04. The maximum Gasteiger partial charge on any atom is 0.0660 e. The third kappa shape index (κ3) is 2.47. The number of anilines is 1. The molecule has 2 N–H and O–H groups in total. The number of hydrogen-bond donors (Lipinski definition) is 1. The van der Waals surface area contributed by atoms with Crippen LogP contribution in [0.15, 0.2) is 12.3 Å². The number of nitrogens with two attached hydrogens (primary N) is 1. The number of nitrogen functional groups attached to an aromatic ring is 1. The molecular formula is C12H20N2. The largest absolute Gasteiger partial charge is 0.397 e. The van der Waals surface area contributed by atoms with Crippen molar-refractivity contribution in [1.29, 1.82) is 0 Å². The molecule has 0 aromatic carbocycles. The topological polar surface area (TPSA) is 38.9 Å². The van der Waals surface area contributed by atoms with Crippen molar-refractivity contribution in [3.8, 4) is 0 Å². The molecule has 0 atom stereocenters. The highest BCUT2D eigenvalue weighted by molar-refractivity contribution is 5.51. The van der Waals surface area contributed by atoms with Crippen LogP contribution in [0.5, 0.6) is 0 Å². The van der Waals surface area contributed by atoms with E-state index >= 15 is 0 Å². The fraction of sp³-hybridized carbons (Fsp3) is 0.583. The number of unbranched alkanes of at least 4 members (excludes halogenated alkanes) is 1. The molecule has 1 rings (SSSR count). The van der Waals surface area contributed by atoms with Crippen molar-refractivity contribution in [2.24, 2.45) is 0 Å². The van der Waals surface area contributed by atoms with Crippen LogP contribution in [0, 0.1) is 0 Å². The van der Waals surface area contributed by atoms with E-state index in [9.17, 15) is 0 Å². The molecule has 0 aliphatic rings. The molecule has 0 bridgehead atoms. The third-order valence-electron chi connectivity index (χ3n) is 2.46. The van der Waals surface area contributed by atoms with Crippen LogP contribution >= 0.6 is 0 Å². The normalized spacial score (nSPS) is 10.9. The van der Waals surface area contributed by atoms with Gasteiger partial charge in [-0.2, -0.15) is 0 Å². The molecule has 0 amide bonds. The summed E-state index contributed by atoms with van der Waals surface area (Å²) in [7, 11) is 0. The molecular weight excluding hydrogens is 172 g/mol. The predicted octanol–water partition coefficient (Wildman–Crippen LogP) is 3.13. The number of aromatic nitrogens is 1. The van der Waals surface area contributed by atoms with Gasteiger partial charge in [0.15, 0.2) is 0 Å². The zero-order valence-corrected chi connectivity index (χ0v) is 9.38. The van der Waals surface area contributed by atoms with Gasteiger partial charge in [-0.25, -0.2) is 0 Å². The van der Waals surface area contributed by atoms with Crippen molar-refractivity contribution in [2.75, 3.05) is 5.73 Å². The first-order valence-electron chi connectivity index (χ1n) is 5.40. The van der Waals surface area contributed by atoms with Crippen molar-refractivity contribution in [1.82, 2.24) is 4.98 Å². The van der Waals surface area contributed by atoms with Crippen molar-refractivity contribution in [3.05, 3.63) is 23.5 Å². The highest BCUT2D eigenvalue weighted by Gasteiger charge is 2.08. The Balaban J connectivity index is 2.89. The molecule has 0 fully saturated rings. The van der Waals surface area contributed by atoms with Crippen molar-refractivity contribution in [3.63, 3.8) is 0 Å². The van der Waals surface area contributed by atoms with E-state index in [4.69, 9.17) is 5.73 Å². The second-order valence-corrected chi connectivity index (χ2v) is 4.03. The Morgan fingerprint density at radius 2 is 2.14 bits per heavy atom. The van der Waals surface area contributed by atoms with Gasteiger partial charge < -0.3 is 5.73 Å². The van der Waals surface area contributed by atoms with Gasteiger partial charge in [-0.3, -0.25) is 4.98 Å². The highest BCUT2D eigenvalue weighted by Crippen LogP contribution is 2.23.